The minimum Gasteiger partial charge on any atom is -0.355 e. The Morgan fingerprint density at radius 3 is 2.48 bits per heavy atom. The van der Waals surface area contributed by atoms with E-state index in [9.17, 15) is 0 Å². The Bertz CT molecular complexity index is 527. The van der Waals surface area contributed by atoms with E-state index in [0.717, 1.165) is 18.5 Å². The van der Waals surface area contributed by atoms with Crippen molar-refractivity contribution < 1.29 is 0 Å². The van der Waals surface area contributed by atoms with Crippen molar-refractivity contribution in [1.82, 2.24) is 15.5 Å². The highest BCUT2D eigenvalue weighted by atomic mass is 127. The molecule has 1 aliphatic carbocycles. The highest BCUT2D eigenvalue weighted by Gasteiger charge is 2.31. The molecule has 1 saturated carbocycles. The Kier molecular flexibility index (Phi) is 8.85. The van der Waals surface area contributed by atoms with Gasteiger partial charge in [-0.05, 0) is 37.8 Å². The fraction of sp³-hybridized carbons (Fsp3) is 0.632. The lowest BCUT2D eigenvalue weighted by Crippen LogP contribution is -2.49. The number of nitrogens with zero attached hydrogens (tertiary/aromatic N) is 2. The summed E-state index contributed by atoms with van der Waals surface area (Å²) in [5.74, 6) is 0.945. The number of rotatable bonds is 6. The first-order chi connectivity index (χ1) is 11.7. The molecule has 0 amide bonds. The van der Waals surface area contributed by atoms with E-state index in [1.165, 1.54) is 43.7 Å². The summed E-state index contributed by atoms with van der Waals surface area (Å²) in [5, 5.41) is 7.60. The number of likely N-dealkylation sites (tertiary alicyclic amines) is 1. The first-order valence-electron chi connectivity index (χ1n) is 9.17. The zero-order chi connectivity index (χ0) is 16.8. The van der Waals surface area contributed by atoms with Crippen LogP contribution < -0.4 is 10.6 Å². The van der Waals surface area contributed by atoms with Crippen LogP contribution in [0.3, 0.4) is 0 Å². The summed E-state index contributed by atoms with van der Waals surface area (Å²) in [6.45, 7) is 5.64. The Balaban J connectivity index is 0.00000225. The maximum atomic E-state index is 4.40. The molecule has 1 saturated heterocycles. The Hall–Kier alpha value is -0.470. The van der Waals surface area contributed by atoms with Gasteiger partial charge in [0.15, 0.2) is 5.96 Å². The molecule has 3 rings (SSSR count). The van der Waals surface area contributed by atoms with E-state index in [0.29, 0.717) is 11.3 Å². The quantitative estimate of drug-likeness (QED) is 0.286. The van der Waals surface area contributed by atoms with Gasteiger partial charge >= 0.3 is 0 Å². The maximum absolute atomic E-state index is 4.40. The lowest BCUT2D eigenvalue weighted by Gasteiger charge is -2.33. The summed E-state index contributed by atoms with van der Waals surface area (Å²) >= 11 is 1.90. The van der Waals surface area contributed by atoms with Crippen LogP contribution in [0.25, 0.3) is 0 Å². The molecule has 0 spiro atoms. The maximum Gasteiger partial charge on any atom is 0.191 e. The van der Waals surface area contributed by atoms with Crippen molar-refractivity contribution in [3.05, 3.63) is 30.3 Å². The number of nitrogens with one attached hydrogen (secondary N) is 2. The minimum absolute atomic E-state index is 0. The minimum atomic E-state index is 0. The molecule has 1 heterocycles. The SMILES string of the molecule is CN=C(NCC(C)Sc1ccccc1)NC1CCN(C2CC2)CC1.I. The van der Waals surface area contributed by atoms with E-state index < -0.39 is 0 Å². The van der Waals surface area contributed by atoms with Crippen LogP contribution in [-0.2, 0) is 0 Å². The largest absolute Gasteiger partial charge is 0.355 e. The molecular formula is C19H31IN4S. The summed E-state index contributed by atoms with van der Waals surface area (Å²) in [4.78, 5) is 8.38. The fourth-order valence-corrected chi connectivity index (χ4v) is 4.20. The molecule has 4 nitrogen and oxygen atoms in total. The van der Waals surface area contributed by atoms with Gasteiger partial charge in [0.2, 0.25) is 0 Å². The van der Waals surface area contributed by atoms with Crippen molar-refractivity contribution in [2.45, 2.75) is 54.8 Å². The molecular weight excluding hydrogens is 443 g/mol. The number of piperidine rings is 1. The fourth-order valence-electron chi connectivity index (χ4n) is 3.25. The van der Waals surface area contributed by atoms with E-state index in [1.807, 2.05) is 18.8 Å². The van der Waals surface area contributed by atoms with E-state index in [1.54, 1.807) is 0 Å². The van der Waals surface area contributed by atoms with E-state index in [2.05, 4.69) is 57.8 Å². The summed E-state index contributed by atoms with van der Waals surface area (Å²) < 4.78 is 0. The summed E-state index contributed by atoms with van der Waals surface area (Å²) in [6, 6.07) is 12.0. The first kappa shape index (κ1) is 20.8. The highest BCUT2D eigenvalue weighted by molar-refractivity contribution is 14.0. The van der Waals surface area contributed by atoms with Gasteiger partial charge in [-0.3, -0.25) is 4.99 Å². The van der Waals surface area contributed by atoms with Crippen LogP contribution >= 0.6 is 35.7 Å². The van der Waals surface area contributed by atoms with E-state index in [-0.39, 0.29) is 24.0 Å². The number of guanidine groups is 1. The zero-order valence-corrected chi connectivity index (χ0v) is 18.4. The van der Waals surface area contributed by atoms with Gasteiger partial charge in [-0.15, -0.1) is 35.7 Å². The van der Waals surface area contributed by atoms with Gasteiger partial charge in [-0.1, -0.05) is 25.1 Å². The third-order valence-corrected chi connectivity index (χ3v) is 5.91. The number of hydrogen-bond acceptors (Lipinski definition) is 3. The van der Waals surface area contributed by atoms with E-state index in [4.69, 9.17) is 0 Å². The van der Waals surface area contributed by atoms with Gasteiger partial charge in [0.25, 0.3) is 0 Å². The van der Waals surface area contributed by atoms with Crippen molar-refractivity contribution in [3.63, 3.8) is 0 Å². The molecule has 0 aromatic heterocycles. The molecule has 1 aliphatic heterocycles. The van der Waals surface area contributed by atoms with Gasteiger partial charge < -0.3 is 15.5 Å². The van der Waals surface area contributed by atoms with Crippen molar-refractivity contribution in [3.8, 4) is 0 Å². The summed E-state index contributed by atoms with van der Waals surface area (Å²) in [7, 11) is 1.86. The second kappa shape index (κ2) is 10.6. The molecule has 0 radical (unpaired) electrons. The zero-order valence-electron chi connectivity index (χ0n) is 15.3. The molecule has 1 aromatic carbocycles. The second-order valence-corrected chi connectivity index (χ2v) is 8.39. The molecule has 2 N–H and O–H groups in total. The first-order valence-corrected chi connectivity index (χ1v) is 10.1. The van der Waals surface area contributed by atoms with Gasteiger partial charge in [0.05, 0.1) is 0 Å². The van der Waals surface area contributed by atoms with E-state index >= 15 is 0 Å². The molecule has 1 unspecified atom stereocenters. The number of aliphatic imine (C=N–C) groups is 1. The van der Waals surface area contributed by atoms with Crippen LogP contribution in [0.15, 0.2) is 40.2 Å². The molecule has 2 aliphatic rings. The van der Waals surface area contributed by atoms with Crippen LogP contribution in [0.1, 0.15) is 32.6 Å². The topological polar surface area (TPSA) is 39.7 Å². The monoisotopic (exact) mass is 474 g/mol. The molecule has 6 heteroatoms. The predicted molar refractivity (Wildman–Crippen MR) is 119 cm³/mol. The normalized spacial score (nSPS) is 20.6. The van der Waals surface area contributed by atoms with Crippen LogP contribution in [0, 0.1) is 0 Å². The average Bonchev–Trinajstić information content (AvgIpc) is 3.45. The highest BCUT2D eigenvalue weighted by Crippen LogP contribution is 2.29. The molecule has 2 fully saturated rings. The van der Waals surface area contributed by atoms with Crippen molar-refractivity contribution in [2.24, 2.45) is 4.99 Å². The molecule has 1 aromatic rings. The number of benzene rings is 1. The van der Waals surface area contributed by atoms with Crippen LogP contribution in [0.5, 0.6) is 0 Å². The van der Waals surface area contributed by atoms with Gasteiger partial charge in [0, 0.05) is 48.9 Å². The number of hydrogen-bond donors (Lipinski definition) is 2. The van der Waals surface area contributed by atoms with Crippen molar-refractivity contribution in [1.29, 1.82) is 0 Å². The van der Waals surface area contributed by atoms with Crippen LogP contribution in [0.4, 0.5) is 0 Å². The van der Waals surface area contributed by atoms with Gasteiger partial charge in [-0.25, -0.2) is 0 Å². The third-order valence-electron chi connectivity index (χ3n) is 4.79. The Morgan fingerprint density at radius 1 is 1.20 bits per heavy atom. The lowest BCUT2D eigenvalue weighted by atomic mass is 10.1. The van der Waals surface area contributed by atoms with Crippen molar-refractivity contribution in [2.75, 3.05) is 26.7 Å². The van der Waals surface area contributed by atoms with Crippen LogP contribution in [0.2, 0.25) is 0 Å². The molecule has 0 bridgehead atoms. The third kappa shape index (κ3) is 6.98. The Morgan fingerprint density at radius 2 is 1.88 bits per heavy atom. The predicted octanol–water partition coefficient (Wildman–Crippen LogP) is 3.58. The van der Waals surface area contributed by atoms with Gasteiger partial charge in [0.1, 0.15) is 0 Å². The summed E-state index contributed by atoms with van der Waals surface area (Å²) in [6.07, 6.45) is 5.29. The average molecular weight is 474 g/mol. The number of halogens is 1. The number of thioether (sulfide) groups is 1. The molecule has 25 heavy (non-hydrogen) atoms. The van der Waals surface area contributed by atoms with Crippen molar-refractivity contribution >= 4 is 41.7 Å². The Labute approximate surface area is 173 Å². The lowest BCUT2D eigenvalue weighted by molar-refractivity contribution is 0.197. The summed E-state index contributed by atoms with van der Waals surface area (Å²) in [5.41, 5.74) is 0. The second-order valence-electron chi connectivity index (χ2n) is 6.88. The smallest absolute Gasteiger partial charge is 0.191 e. The molecule has 1 atom stereocenters. The van der Waals surface area contributed by atoms with Crippen LogP contribution in [-0.4, -0.2) is 54.9 Å². The van der Waals surface area contributed by atoms with Gasteiger partial charge in [-0.2, -0.15) is 0 Å². The standard InChI is InChI=1S/C19H30N4S.HI/c1-15(24-18-6-4-3-5-7-18)14-21-19(20-2)22-16-10-12-23(13-11-16)17-8-9-17;/h3-7,15-17H,8-14H2,1-2H3,(H2,20,21,22);1H. The molecule has 140 valence electrons.